The van der Waals surface area contributed by atoms with Gasteiger partial charge in [0.2, 0.25) is 0 Å². The Morgan fingerprint density at radius 3 is 2.41 bits per heavy atom. The van der Waals surface area contributed by atoms with E-state index in [1.165, 1.54) is 31.6 Å². The van der Waals surface area contributed by atoms with Crippen LogP contribution in [0.25, 0.3) is 0 Å². The number of esters is 1. The molecule has 0 aliphatic rings. The van der Waals surface area contributed by atoms with Crippen LogP contribution in [-0.2, 0) is 4.74 Å². The summed E-state index contributed by atoms with van der Waals surface area (Å²) in [6.07, 6.45) is 3.67. The van der Waals surface area contributed by atoms with Crippen molar-refractivity contribution in [3.8, 4) is 0 Å². The molecule has 0 aliphatic heterocycles. The highest BCUT2D eigenvalue weighted by Crippen LogP contribution is 2.13. The van der Waals surface area contributed by atoms with Crippen LogP contribution in [0.3, 0.4) is 0 Å². The lowest BCUT2D eigenvalue weighted by Crippen LogP contribution is -2.26. The summed E-state index contributed by atoms with van der Waals surface area (Å²) in [5.74, 6) is -0.707. The Balaban J connectivity index is 2.07. The average Bonchev–Trinajstić information content (AvgIpc) is 2.67. The third-order valence-corrected chi connectivity index (χ3v) is 3.81. The van der Waals surface area contributed by atoms with Gasteiger partial charge in [-0.25, -0.2) is 4.79 Å². The van der Waals surface area contributed by atoms with Gasteiger partial charge in [0.25, 0.3) is 11.8 Å². The highest BCUT2D eigenvalue weighted by molar-refractivity contribution is 6.06. The summed E-state index contributed by atoms with van der Waals surface area (Å²) in [5, 5.41) is 5.49. The number of hydrogen-bond donors (Lipinski definition) is 2. The fourth-order valence-corrected chi connectivity index (χ4v) is 2.31. The monoisotopic (exact) mass is 369 g/mol. The van der Waals surface area contributed by atoms with Gasteiger partial charge in [0.05, 0.1) is 23.8 Å². The van der Waals surface area contributed by atoms with Gasteiger partial charge in [0, 0.05) is 24.6 Å². The van der Waals surface area contributed by atoms with Gasteiger partial charge in [-0.3, -0.25) is 14.6 Å². The molecule has 0 unspecified atom stereocenters. The van der Waals surface area contributed by atoms with E-state index in [2.05, 4.69) is 34.2 Å². The van der Waals surface area contributed by atoms with E-state index in [1.807, 2.05) is 0 Å². The molecule has 27 heavy (non-hydrogen) atoms. The van der Waals surface area contributed by atoms with Crippen LogP contribution in [-0.4, -0.2) is 36.4 Å². The maximum absolute atomic E-state index is 12.4. The smallest absolute Gasteiger partial charge is 0.337 e. The molecule has 1 aromatic carbocycles. The zero-order valence-corrected chi connectivity index (χ0v) is 15.6. The van der Waals surface area contributed by atoms with Crippen molar-refractivity contribution in [1.82, 2.24) is 10.3 Å². The normalized spacial score (nSPS) is 10.4. The third kappa shape index (κ3) is 5.91. The second-order valence-corrected chi connectivity index (χ2v) is 6.43. The lowest BCUT2D eigenvalue weighted by molar-refractivity contribution is 0.0600. The van der Waals surface area contributed by atoms with Crippen LogP contribution >= 0.6 is 0 Å². The van der Waals surface area contributed by atoms with Gasteiger partial charge in [0.15, 0.2) is 0 Å². The van der Waals surface area contributed by atoms with E-state index in [0.717, 1.165) is 6.42 Å². The predicted octanol–water partition coefficient (Wildman–Crippen LogP) is 2.90. The van der Waals surface area contributed by atoms with E-state index >= 15 is 0 Å². The fourth-order valence-electron chi connectivity index (χ4n) is 2.31. The summed E-state index contributed by atoms with van der Waals surface area (Å²) in [6, 6.07) is 7.88. The third-order valence-electron chi connectivity index (χ3n) is 3.81. The molecule has 2 rings (SSSR count). The lowest BCUT2D eigenvalue weighted by Gasteiger charge is -2.09. The van der Waals surface area contributed by atoms with Crippen LogP contribution in [0.4, 0.5) is 5.69 Å². The first-order valence-electron chi connectivity index (χ1n) is 8.63. The SMILES string of the molecule is COC(=O)c1cccc(NC(=O)c2cncc(C(=O)NCCC(C)C)c2)c1. The summed E-state index contributed by atoms with van der Waals surface area (Å²) in [5.41, 5.74) is 1.33. The number of nitrogens with one attached hydrogen (secondary N) is 2. The van der Waals surface area contributed by atoms with E-state index in [9.17, 15) is 14.4 Å². The Morgan fingerprint density at radius 1 is 1.04 bits per heavy atom. The molecule has 2 N–H and O–H groups in total. The zero-order chi connectivity index (χ0) is 19.8. The van der Waals surface area contributed by atoms with Crippen molar-refractivity contribution in [2.24, 2.45) is 5.92 Å². The minimum atomic E-state index is -0.493. The van der Waals surface area contributed by atoms with Crippen molar-refractivity contribution >= 4 is 23.5 Å². The number of carbonyl (C=O) groups excluding carboxylic acids is 3. The molecule has 0 radical (unpaired) electrons. The number of anilines is 1. The molecule has 7 nitrogen and oxygen atoms in total. The topological polar surface area (TPSA) is 97.4 Å². The first kappa shape index (κ1) is 20.1. The summed E-state index contributed by atoms with van der Waals surface area (Å²) >= 11 is 0. The van der Waals surface area contributed by atoms with Gasteiger partial charge in [-0.1, -0.05) is 19.9 Å². The van der Waals surface area contributed by atoms with E-state index in [1.54, 1.807) is 18.2 Å². The quantitative estimate of drug-likeness (QED) is 0.732. The number of hydrogen-bond acceptors (Lipinski definition) is 5. The van der Waals surface area contributed by atoms with Crippen molar-refractivity contribution in [1.29, 1.82) is 0 Å². The largest absolute Gasteiger partial charge is 0.465 e. The molecule has 0 spiro atoms. The van der Waals surface area contributed by atoms with E-state index in [0.29, 0.717) is 29.3 Å². The van der Waals surface area contributed by atoms with Gasteiger partial charge < -0.3 is 15.4 Å². The van der Waals surface area contributed by atoms with Crippen molar-refractivity contribution in [3.63, 3.8) is 0 Å². The number of ether oxygens (including phenoxy) is 1. The number of amides is 2. The lowest BCUT2D eigenvalue weighted by atomic mass is 10.1. The zero-order valence-electron chi connectivity index (χ0n) is 15.6. The number of rotatable bonds is 7. The molecule has 0 atom stereocenters. The molecule has 2 amide bonds. The number of benzene rings is 1. The Labute approximate surface area is 158 Å². The van der Waals surface area contributed by atoms with Gasteiger partial charge in [-0.15, -0.1) is 0 Å². The Morgan fingerprint density at radius 2 is 1.74 bits per heavy atom. The highest BCUT2D eigenvalue weighted by atomic mass is 16.5. The summed E-state index contributed by atoms with van der Waals surface area (Å²) in [4.78, 5) is 40.2. The van der Waals surface area contributed by atoms with Gasteiger partial charge in [0.1, 0.15) is 0 Å². The molecule has 2 aromatic rings. The van der Waals surface area contributed by atoms with Crippen LogP contribution in [0.1, 0.15) is 51.3 Å². The molecule has 0 saturated heterocycles. The molecule has 1 aromatic heterocycles. The van der Waals surface area contributed by atoms with Crippen LogP contribution in [0.15, 0.2) is 42.7 Å². The number of aromatic nitrogens is 1. The second kappa shape index (κ2) is 9.47. The standard InChI is InChI=1S/C20H23N3O4/c1-13(2)7-8-22-18(24)15-9-16(12-21-11-15)19(25)23-17-6-4-5-14(10-17)20(26)27-3/h4-6,9-13H,7-8H2,1-3H3,(H,22,24)(H,23,25). The van der Waals surface area contributed by atoms with Crippen molar-refractivity contribution in [2.75, 3.05) is 19.0 Å². The van der Waals surface area contributed by atoms with Gasteiger partial charge >= 0.3 is 5.97 Å². The Kier molecular flexibility index (Phi) is 7.05. The molecular formula is C20H23N3O4. The minimum Gasteiger partial charge on any atom is -0.465 e. The summed E-state index contributed by atoms with van der Waals surface area (Å²) < 4.78 is 4.66. The number of methoxy groups -OCH3 is 1. The maximum atomic E-state index is 12.4. The molecule has 0 saturated carbocycles. The van der Waals surface area contributed by atoms with Crippen LogP contribution in [0.2, 0.25) is 0 Å². The van der Waals surface area contributed by atoms with Crippen molar-refractivity contribution in [3.05, 3.63) is 59.4 Å². The Hall–Kier alpha value is -3.22. The number of nitrogens with zero attached hydrogens (tertiary/aromatic N) is 1. The minimum absolute atomic E-state index is 0.245. The molecule has 0 fully saturated rings. The number of carbonyl (C=O) groups is 3. The first-order chi connectivity index (χ1) is 12.9. The van der Waals surface area contributed by atoms with Gasteiger partial charge in [-0.2, -0.15) is 0 Å². The predicted molar refractivity (Wildman–Crippen MR) is 102 cm³/mol. The Bertz CT molecular complexity index is 833. The van der Waals surface area contributed by atoms with E-state index in [4.69, 9.17) is 0 Å². The summed E-state index contributed by atoms with van der Waals surface area (Å²) in [7, 11) is 1.29. The molecular weight excluding hydrogens is 346 g/mol. The molecule has 7 heteroatoms. The number of pyridine rings is 1. The highest BCUT2D eigenvalue weighted by Gasteiger charge is 2.13. The van der Waals surface area contributed by atoms with E-state index in [-0.39, 0.29) is 11.5 Å². The van der Waals surface area contributed by atoms with Gasteiger partial charge in [-0.05, 0) is 36.6 Å². The van der Waals surface area contributed by atoms with Crippen LogP contribution < -0.4 is 10.6 Å². The fraction of sp³-hybridized carbons (Fsp3) is 0.300. The molecule has 0 bridgehead atoms. The summed E-state index contributed by atoms with van der Waals surface area (Å²) in [6.45, 7) is 4.72. The maximum Gasteiger partial charge on any atom is 0.337 e. The molecule has 1 heterocycles. The second-order valence-electron chi connectivity index (χ2n) is 6.43. The van der Waals surface area contributed by atoms with Crippen molar-refractivity contribution in [2.45, 2.75) is 20.3 Å². The van der Waals surface area contributed by atoms with E-state index < -0.39 is 11.9 Å². The molecule has 142 valence electrons. The molecule has 0 aliphatic carbocycles. The first-order valence-corrected chi connectivity index (χ1v) is 8.63. The van der Waals surface area contributed by atoms with Crippen LogP contribution in [0, 0.1) is 5.92 Å². The van der Waals surface area contributed by atoms with Crippen LogP contribution in [0.5, 0.6) is 0 Å². The van der Waals surface area contributed by atoms with Crippen molar-refractivity contribution < 1.29 is 19.1 Å². The average molecular weight is 369 g/mol.